The molecule has 0 saturated carbocycles. The highest BCUT2D eigenvalue weighted by molar-refractivity contribution is 5.68. The molecule has 1 aromatic carbocycles. The van der Waals surface area contributed by atoms with Crippen LogP contribution in [0.25, 0.3) is 22.8 Å². The first-order valence-electron chi connectivity index (χ1n) is 10.8. The Bertz CT molecular complexity index is 1050. The second kappa shape index (κ2) is 7.60. The summed E-state index contributed by atoms with van der Waals surface area (Å²) in [6.45, 7) is 20.3. The van der Waals surface area contributed by atoms with Gasteiger partial charge in [-0.15, -0.1) is 0 Å². The number of rotatable bonds is 3. The molecule has 0 saturated heterocycles. The fourth-order valence-corrected chi connectivity index (χ4v) is 3.49. The maximum absolute atomic E-state index is 4.89. The number of hydrogen-bond acceptors (Lipinski definition) is 3. The van der Waals surface area contributed by atoms with Gasteiger partial charge in [-0.2, -0.15) is 0 Å². The van der Waals surface area contributed by atoms with E-state index in [-0.39, 0.29) is 10.8 Å². The fraction of sp³-hybridized carbons (Fsp3) is 0.520. The Morgan fingerprint density at radius 3 is 1.97 bits per heavy atom. The van der Waals surface area contributed by atoms with E-state index in [1.807, 2.05) is 0 Å². The highest BCUT2D eigenvalue weighted by Crippen LogP contribution is 2.30. The SMILES string of the molecule is CC[n+]1cc(C)n(C)c1-c1cc(-c2nc(C(C)(C)C)nc(C(C)(C)C)n2)ccc1C. The number of benzene rings is 1. The molecule has 5 heteroatoms. The zero-order chi connectivity index (χ0) is 22.4. The van der Waals surface area contributed by atoms with Crippen molar-refractivity contribution in [3.05, 3.63) is 47.3 Å². The third-order valence-corrected chi connectivity index (χ3v) is 5.52. The van der Waals surface area contributed by atoms with E-state index in [0.29, 0.717) is 0 Å². The maximum atomic E-state index is 4.89. The fourth-order valence-electron chi connectivity index (χ4n) is 3.49. The van der Waals surface area contributed by atoms with Gasteiger partial charge in [-0.05, 0) is 25.5 Å². The topological polar surface area (TPSA) is 47.5 Å². The van der Waals surface area contributed by atoms with Crippen molar-refractivity contribution in [2.45, 2.75) is 79.7 Å². The Morgan fingerprint density at radius 2 is 1.47 bits per heavy atom. The average molecular weight is 407 g/mol. The molecule has 5 nitrogen and oxygen atoms in total. The summed E-state index contributed by atoms with van der Waals surface area (Å²) in [6, 6.07) is 6.52. The molecule has 0 N–H and O–H groups in total. The highest BCUT2D eigenvalue weighted by atomic mass is 15.1. The summed E-state index contributed by atoms with van der Waals surface area (Å²) < 4.78 is 4.56. The third kappa shape index (κ3) is 4.16. The minimum Gasteiger partial charge on any atom is -0.230 e. The van der Waals surface area contributed by atoms with Gasteiger partial charge in [-0.25, -0.2) is 24.1 Å². The van der Waals surface area contributed by atoms with Crippen molar-refractivity contribution in [2.24, 2.45) is 7.05 Å². The Kier molecular flexibility index (Phi) is 5.61. The van der Waals surface area contributed by atoms with Crippen molar-refractivity contribution in [1.82, 2.24) is 19.5 Å². The number of nitrogens with zero attached hydrogens (tertiary/aromatic N) is 5. The molecular formula is C25H36N5+. The number of imidazole rings is 1. The first kappa shape index (κ1) is 22.1. The van der Waals surface area contributed by atoms with Crippen LogP contribution in [0.4, 0.5) is 0 Å². The van der Waals surface area contributed by atoms with E-state index in [1.165, 1.54) is 22.6 Å². The maximum Gasteiger partial charge on any atom is 0.289 e. The Hall–Kier alpha value is -2.56. The predicted octanol–water partition coefficient (Wildman–Crippen LogP) is 5.06. The third-order valence-electron chi connectivity index (χ3n) is 5.52. The van der Waals surface area contributed by atoms with Gasteiger partial charge < -0.3 is 0 Å². The molecule has 0 radical (unpaired) electrons. The smallest absolute Gasteiger partial charge is 0.230 e. The molecule has 2 heterocycles. The van der Waals surface area contributed by atoms with E-state index in [0.717, 1.165) is 29.6 Å². The van der Waals surface area contributed by atoms with Crippen LogP contribution in [-0.4, -0.2) is 19.5 Å². The Balaban J connectivity index is 2.25. The monoisotopic (exact) mass is 406 g/mol. The summed E-state index contributed by atoms with van der Waals surface area (Å²) in [7, 11) is 2.13. The average Bonchev–Trinajstić information content (AvgIpc) is 2.94. The molecule has 0 amide bonds. The van der Waals surface area contributed by atoms with E-state index < -0.39 is 0 Å². The minimum atomic E-state index is -0.147. The van der Waals surface area contributed by atoms with Crippen LogP contribution >= 0.6 is 0 Å². The number of aromatic nitrogens is 5. The first-order chi connectivity index (χ1) is 13.8. The van der Waals surface area contributed by atoms with Gasteiger partial charge in [0.05, 0.1) is 19.2 Å². The van der Waals surface area contributed by atoms with E-state index in [9.17, 15) is 0 Å². The van der Waals surface area contributed by atoms with Crippen molar-refractivity contribution in [3.63, 3.8) is 0 Å². The largest absolute Gasteiger partial charge is 0.289 e. The van der Waals surface area contributed by atoms with Crippen molar-refractivity contribution >= 4 is 0 Å². The van der Waals surface area contributed by atoms with Crippen LogP contribution in [0.1, 0.15) is 71.4 Å². The van der Waals surface area contributed by atoms with Gasteiger partial charge in [0.2, 0.25) is 0 Å². The van der Waals surface area contributed by atoms with Crippen LogP contribution in [0.3, 0.4) is 0 Å². The molecule has 0 fully saturated rings. The van der Waals surface area contributed by atoms with E-state index in [1.54, 1.807) is 0 Å². The first-order valence-corrected chi connectivity index (χ1v) is 10.8. The molecule has 0 aliphatic carbocycles. The second-order valence-corrected chi connectivity index (χ2v) is 10.3. The van der Waals surface area contributed by atoms with E-state index in [2.05, 4.69) is 103 Å². The van der Waals surface area contributed by atoms with Crippen molar-refractivity contribution < 1.29 is 4.57 Å². The standard InChI is InChI=1S/C25H36N5/c1-11-30-15-17(3)29(10)21(30)19-14-18(13-12-16(19)2)20-26-22(24(4,5)6)28-23(27-20)25(7,8)9/h12-15H,11H2,1-10H3/q+1. The lowest BCUT2D eigenvalue weighted by Gasteiger charge is -2.22. The zero-order valence-corrected chi connectivity index (χ0v) is 20.3. The van der Waals surface area contributed by atoms with Gasteiger partial charge in [0.25, 0.3) is 5.82 Å². The molecule has 3 aromatic rings. The number of hydrogen-bond donors (Lipinski definition) is 0. The van der Waals surface area contributed by atoms with Gasteiger partial charge in [0, 0.05) is 23.3 Å². The van der Waals surface area contributed by atoms with Crippen LogP contribution in [0.2, 0.25) is 0 Å². The van der Waals surface area contributed by atoms with Gasteiger partial charge >= 0.3 is 0 Å². The van der Waals surface area contributed by atoms with Crippen LogP contribution in [0.5, 0.6) is 0 Å². The molecular weight excluding hydrogens is 370 g/mol. The Labute approximate surface area is 181 Å². The van der Waals surface area contributed by atoms with Gasteiger partial charge in [-0.3, -0.25) is 0 Å². The van der Waals surface area contributed by atoms with Crippen LogP contribution in [-0.2, 0) is 24.4 Å². The second-order valence-electron chi connectivity index (χ2n) is 10.3. The van der Waals surface area contributed by atoms with Gasteiger partial charge in [-0.1, -0.05) is 53.7 Å². The lowest BCUT2D eigenvalue weighted by Crippen LogP contribution is -2.33. The zero-order valence-electron chi connectivity index (χ0n) is 20.3. The van der Waals surface area contributed by atoms with Crippen LogP contribution in [0, 0.1) is 13.8 Å². The minimum absolute atomic E-state index is 0.147. The van der Waals surface area contributed by atoms with Crippen molar-refractivity contribution in [3.8, 4) is 22.8 Å². The molecule has 0 bridgehead atoms. The molecule has 0 spiro atoms. The molecule has 0 aliphatic rings. The summed E-state index contributed by atoms with van der Waals surface area (Å²) in [4.78, 5) is 14.6. The quantitative estimate of drug-likeness (QED) is 0.571. The van der Waals surface area contributed by atoms with E-state index in [4.69, 9.17) is 15.0 Å². The summed E-state index contributed by atoms with van der Waals surface area (Å²) in [5.74, 6) is 3.61. The molecule has 30 heavy (non-hydrogen) atoms. The number of aryl methyl sites for hydroxylation is 3. The molecule has 160 valence electrons. The van der Waals surface area contributed by atoms with Gasteiger partial charge in [0.1, 0.15) is 23.5 Å². The molecule has 0 unspecified atom stereocenters. The van der Waals surface area contributed by atoms with E-state index >= 15 is 0 Å². The summed E-state index contributed by atoms with van der Waals surface area (Å²) >= 11 is 0. The molecule has 3 rings (SSSR count). The van der Waals surface area contributed by atoms with Crippen LogP contribution < -0.4 is 4.57 Å². The molecule has 0 atom stereocenters. The molecule has 2 aromatic heterocycles. The lowest BCUT2D eigenvalue weighted by atomic mass is 9.92. The molecule has 0 aliphatic heterocycles. The van der Waals surface area contributed by atoms with Crippen LogP contribution in [0.15, 0.2) is 24.4 Å². The van der Waals surface area contributed by atoms with Crippen molar-refractivity contribution in [1.29, 1.82) is 0 Å². The highest BCUT2D eigenvalue weighted by Gasteiger charge is 2.26. The van der Waals surface area contributed by atoms with Gasteiger partial charge in [0.15, 0.2) is 5.82 Å². The van der Waals surface area contributed by atoms with Crippen molar-refractivity contribution in [2.75, 3.05) is 0 Å². The predicted molar refractivity (Wildman–Crippen MR) is 122 cm³/mol. The normalized spacial score (nSPS) is 12.5. The summed E-state index contributed by atoms with van der Waals surface area (Å²) in [5, 5.41) is 0. The summed E-state index contributed by atoms with van der Waals surface area (Å²) in [6.07, 6.45) is 2.21. The summed E-state index contributed by atoms with van der Waals surface area (Å²) in [5.41, 5.74) is 4.41. The Morgan fingerprint density at radius 1 is 0.900 bits per heavy atom. The lowest BCUT2D eigenvalue weighted by molar-refractivity contribution is -0.682.